The lowest BCUT2D eigenvalue weighted by atomic mass is 10.0. The number of aliphatic hydroxyl groups is 1. The maximum atomic E-state index is 13.2. The summed E-state index contributed by atoms with van der Waals surface area (Å²) in [5.41, 5.74) is 4.12. The maximum absolute atomic E-state index is 13.2. The van der Waals surface area contributed by atoms with Crippen molar-refractivity contribution in [3.63, 3.8) is 0 Å². The second-order valence-electron chi connectivity index (χ2n) is 8.62. The van der Waals surface area contributed by atoms with E-state index in [4.69, 9.17) is 0 Å². The predicted octanol–water partition coefficient (Wildman–Crippen LogP) is 7.56. The highest BCUT2D eigenvalue weighted by Gasteiger charge is 2.33. The number of anilines is 3. The highest BCUT2D eigenvalue weighted by molar-refractivity contribution is 7.17. The van der Waals surface area contributed by atoms with Gasteiger partial charge in [-0.3, -0.25) is 4.79 Å². The van der Waals surface area contributed by atoms with Gasteiger partial charge in [-0.25, -0.2) is 0 Å². The van der Waals surface area contributed by atoms with Crippen molar-refractivity contribution >= 4 is 50.3 Å². The first kappa shape index (κ1) is 22.0. The summed E-state index contributed by atoms with van der Waals surface area (Å²) in [6.45, 7) is 0. The molecule has 0 amide bonds. The van der Waals surface area contributed by atoms with Crippen LogP contribution in [0.5, 0.6) is 0 Å². The van der Waals surface area contributed by atoms with Gasteiger partial charge in [-0.15, -0.1) is 11.3 Å². The molecule has 0 aliphatic heterocycles. The summed E-state index contributed by atoms with van der Waals surface area (Å²) in [6, 6.07) is 35.2. The third-order valence-electron chi connectivity index (χ3n) is 6.41. The van der Waals surface area contributed by atoms with Gasteiger partial charge >= 0.3 is 0 Å². The van der Waals surface area contributed by atoms with Gasteiger partial charge in [0, 0.05) is 27.4 Å². The molecular formula is C31H20N2O2S. The Kier molecular flexibility index (Phi) is 5.46. The van der Waals surface area contributed by atoms with Crippen molar-refractivity contribution in [1.82, 2.24) is 0 Å². The Morgan fingerprint density at radius 2 is 1.50 bits per heavy atom. The number of hydrogen-bond acceptors (Lipinski definition) is 5. The molecule has 6 rings (SSSR count). The lowest BCUT2D eigenvalue weighted by Crippen LogP contribution is -2.07. The number of benzene rings is 4. The normalized spacial score (nSPS) is 15.7. The van der Waals surface area contributed by atoms with E-state index in [1.807, 2.05) is 91.0 Å². The standard InChI is InChI=1S/C31H20N2O2S/c32-19-20-10-12-24(13-11-20)33(23-8-2-1-3-9-23)29-15-14-25(36-29)18-28-30(34)26-16-21-6-4-5-7-22(21)17-27(26)31(28)35/h1-18,30,34H/b28-18+. The maximum Gasteiger partial charge on any atom is 0.192 e. The second kappa shape index (κ2) is 8.94. The van der Waals surface area contributed by atoms with Gasteiger partial charge in [0.2, 0.25) is 0 Å². The van der Waals surface area contributed by atoms with E-state index in [9.17, 15) is 15.2 Å². The highest BCUT2D eigenvalue weighted by atomic mass is 32.1. The van der Waals surface area contributed by atoms with Gasteiger partial charge in [0.15, 0.2) is 5.78 Å². The summed E-state index contributed by atoms with van der Waals surface area (Å²) in [5.74, 6) is -0.134. The van der Waals surface area contributed by atoms with E-state index >= 15 is 0 Å². The Balaban J connectivity index is 1.38. The van der Waals surface area contributed by atoms with Crippen molar-refractivity contribution in [1.29, 1.82) is 5.26 Å². The molecule has 1 aromatic heterocycles. The molecule has 0 fully saturated rings. The Labute approximate surface area is 212 Å². The van der Waals surface area contributed by atoms with Crippen LogP contribution < -0.4 is 4.90 Å². The van der Waals surface area contributed by atoms with Gasteiger partial charge in [-0.2, -0.15) is 5.26 Å². The molecule has 0 saturated heterocycles. The first-order valence-corrected chi connectivity index (χ1v) is 12.4. The molecule has 36 heavy (non-hydrogen) atoms. The van der Waals surface area contributed by atoms with Crippen LogP contribution in [0.25, 0.3) is 16.8 Å². The van der Waals surface area contributed by atoms with Gasteiger partial charge in [0.05, 0.1) is 11.6 Å². The van der Waals surface area contributed by atoms with Gasteiger partial charge in [-0.1, -0.05) is 42.5 Å². The second-order valence-corrected chi connectivity index (χ2v) is 9.72. The molecule has 5 aromatic rings. The first-order valence-electron chi connectivity index (χ1n) is 11.5. The van der Waals surface area contributed by atoms with Crippen LogP contribution in [0.1, 0.15) is 32.5 Å². The van der Waals surface area contributed by atoms with Crippen molar-refractivity contribution in [2.75, 3.05) is 4.90 Å². The van der Waals surface area contributed by atoms with E-state index < -0.39 is 6.10 Å². The largest absolute Gasteiger partial charge is 0.383 e. The Hall–Kier alpha value is -4.50. The minimum Gasteiger partial charge on any atom is -0.383 e. The highest BCUT2D eigenvalue weighted by Crippen LogP contribution is 2.42. The fraction of sp³-hybridized carbons (Fsp3) is 0.0323. The summed E-state index contributed by atoms with van der Waals surface area (Å²) >= 11 is 1.53. The van der Waals surface area contributed by atoms with E-state index in [1.54, 1.807) is 18.2 Å². The van der Waals surface area contributed by atoms with E-state index in [2.05, 4.69) is 11.0 Å². The minimum absolute atomic E-state index is 0.134. The van der Waals surface area contributed by atoms with Crippen LogP contribution in [-0.2, 0) is 0 Å². The number of carbonyl (C=O) groups excluding carboxylic acids is 1. The smallest absolute Gasteiger partial charge is 0.192 e. The number of fused-ring (bicyclic) bond motifs is 2. The third kappa shape index (κ3) is 3.79. The summed E-state index contributed by atoms with van der Waals surface area (Å²) < 4.78 is 0. The van der Waals surface area contributed by atoms with Crippen molar-refractivity contribution in [2.45, 2.75) is 6.10 Å². The zero-order chi connectivity index (χ0) is 24.6. The Morgan fingerprint density at radius 3 is 2.22 bits per heavy atom. The van der Waals surface area contributed by atoms with Gasteiger partial charge in [-0.05, 0) is 83.1 Å². The summed E-state index contributed by atoms with van der Waals surface area (Å²) in [7, 11) is 0. The monoisotopic (exact) mass is 484 g/mol. The molecule has 5 heteroatoms. The molecular weight excluding hydrogens is 464 g/mol. The molecule has 1 aliphatic rings. The van der Waals surface area contributed by atoms with Crippen LogP contribution in [0.3, 0.4) is 0 Å². The molecule has 4 aromatic carbocycles. The molecule has 4 nitrogen and oxygen atoms in total. The molecule has 0 radical (unpaired) electrons. The molecule has 1 N–H and O–H groups in total. The van der Waals surface area contributed by atoms with E-state index in [0.717, 1.165) is 32.0 Å². The van der Waals surface area contributed by atoms with Crippen molar-refractivity contribution in [3.8, 4) is 6.07 Å². The SMILES string of the molecule is N#Cc1ccc(N(c2ccccc2)c2ccc(/C=C3/C(=O)c4cc5ccccc5cc4C3O)s2)cc1. The zero-order valence-corrected chi connectivity index (χ0v) is 19.9. The fourth-order valence-corrected chi connectivity index (χ4v) is 5.63. The van der Waals surface area contributed by atoms with Crippen molar-refractivity contribution < 1.29 is 9.90 Å². The average Bonchev–Trinajstić information content (AvgIpc) is 3.47. The molecule has 1 unspecified atom stereocenters. The number of ketones is 1. The Morgan fingerprint density at radius 1 is 0.833 bits per heavy atom. The lowest BCUT2D eigenvalue weighted by molar-refractivity contribution is 0.102. The van der Waals surface area contributed by atoms with Crippen LogP contribution in [0, 0.1) is 11.3 Å². The van der Waals surface area contributed by atoms with E-state index in [0.29, 0.717) is 22.3 Å². The number of nitrogens with zero attached hydrogens (tertiary/aromatic N) is 2. The van der Waals surface area contributed by atoms with Crippen molar-refractivity contribution in [2.24, 2.45) is 0 Å². The zero-order valence-electron chi connectivity index (χ0n) is 19.1. The number of thiophene rings is 1. The number of nitriles is 1. The van der Waals surface area contributed by atoms with E-state index in [-0.39, 0.29) is 5.78 Å². The summed E-state index contributed by atoms with van der Waals surface area (Å²) in [6.07, 6.45) is 0.847. The molecule has 172 valence electrons. The predicted molar refractivity (Wildman–Crippen MR) is 145 cm³/mol. The number of carbonyl (C=O) groups is 1. The number of rotatable bonds is 4. The quantitative estimate of drug-likeness (QED) is 0.267. The van der Waals surface area contributed by atoms with Crippen LogP contribution in [0.2, 0.25) is 0 Å². The average molecular weight is 485 g/mol. The van der Waals surface area contributed by atoms with Crippen molar-refractivity contribution in [3.05, 3.63) is 130 Å². The molecule has 0 saturated carbocycles. The molecule has 1 heterocycles. The van der Waals surface area contributed by atoms with Crippen LogP contribution in [0.15, 0.2) is 109 Å². The Bertz CT molecular complexity index is 1680. The molecule has 1 atom stereocenters. The number of Topliss-reactive ketones (excluding diaryl/α,β-unsaturated/α-hetero) is 1. The van der Waals surface area contributed by atoms with Gasteiger partial charge in [0.25, 0.3) is 0 Å². The van der Waals surface area contributed by atoms with Gasteiger partial charge < -0.3 is 10.0 Å². The summed E-state index contributed by atoms with van der Waals surface area (Å²) in [5, 5.41) is 23.2. The number of para-hydroxylation sites is 1. The minimum atomic E-state index is -0.952. The van der Waals surface area contributed by atoms with E-state index in [1.165, 1.54) is 11.3 Å². The first-order chi connectivity index (χ1) is 17.6. The third-order valence-corrected chi connectivity index (χ3v) is 7.43. The van der Waals surface area contributed by atoms with Crippen LogP contribution in [0.4, 0.5) is 16.4 Å². The molecule has 1 aliphatic carbocycles. The van der Waals surface area contributed by atoms with Crippen LogP contribution in [-0.4, -0.2) is 10.9 Å². The topological polar surface area (TPSA) is 64.3 Å². The molecule has 0 bridgehead atoms. The molecule has 0 spiro atoms. The summed E-state index contributed by atoms with van der Waals surface area (Å²) in [4.78, 5) is 16.2. The van der Waals surface area contributed by atoms with Gasteiger partial charge in [0.1, 0.15) is 11.1 Å². The number of hydrogen-bond donors (Lipinski definition) is 1. The fourth-order valence-electron chi connectivity index (χ4n) is 4.63. The number of aliphatic hydroxyl groups excluding tert-OH is 1. The van der Waals surface area contributed by atoms with Crippen LogP contribution >= 0.6 is 11.3 Å². The lowest BCUT2D eigenvalue weighted by Gasteiger charge is -2.23.